The van der Waals surface area contributed by atoms with Crippen LogP contribution in [0, 0.1) is 0 Å². The summed E-state index contributed by atoms with van der Waals surface area (Å²) < 4.78 is 33.6. The van der Waals surface area contributed by atoms with Crippen LogP contribution in [0.4, 0.5) is 0 Å². The number of rotatable bonds is 6. The van der Waals surface area contributed by atoms with Gasteiger partial charge in [0, 0.05) is 23.8 Å². The summed E-state index contributed by atoms with van der Waals surface area (Å²) >= 11 is 1.57. The monoisotopic (exact) mass is 410 g/mol. The maximum absolute atomic E-state index is 12.8. The van der Waals surface area contributed by atoms with Crippen molar-refractivity contribution in [2.45, 2.75) is 63.7 Å². The minimum Gasteiger partial charge on any atom is -0.495 e. The summed E-state index contributed by atoms with van der Waals surface area (Å²) in [4.78, 5) is 4.79. The number of hydrogen-bond acceptors (Lipinski definition) is 5. The van der Waals surface area contributed by atoms with Gasteiger partial charge >= 0.3 is 0 Å². The summed E-state index contributed by atoms with van der Waals surface area (Å²) in [6.45, 7) is 12.8. The first-order chi connectivity index (χ1) is 12.3. The van der Waals surface area contributed by atoms with Gasteiger partial charge in [-0.2, -0.15) is 0 Å². The first kappa shape index (κ1) is 21.9. The first-order valence-electron chi connectivity index (χ1n) is 8.97. The SMILES string of the molecule is COc1ccc(C(C)(C)C)cc1S(=O)(=O)NCCc1nc(C(C)(C)C)cs1. The zero-order valence-corrected chi connectivity index (χ0v) is 18.8. The topological polar surface area (TPSA) is 68.3 Å². The smallest absolute Gasteiger partial charge is 0.244 e. The van der Waals surface area contributed by atoms with E-state index in [2.05, 4.69) is 30.5 Å². The van der Waals surface area contributed by atoms with Crippen LogP contribution in [0.25, 0.3) is 0 Å². The van der Waals surface area contributed by atoms with Crippen molar-refractivity contribution in [1.29, 1.82) is 0 Å². The number of methoxy groups -OCH3 is 1. The molecule has 150 valence electrons. The van der Waals surface area contributed by atoms with Crippen molar-refractivity contribution in [2.24, 2.45) is 0 Å². The second-order valence-electron chi connectivity index (χ2n) is 8.64. The van der Waals surface area contributed by atoms with Gasteiger partial charge in [0.1, 0.15) is 10.6 Å². The van der Waals surface area contributed by atoms with E-state index < -0.39 is 10.0 Å². The number of benzene rings is 1. The summed E-state index contributed by atoms with van der Waals surface area (Å²) in [6, 6.07) is 5.31. The standard InChI is InChI=1S/C20H30N2O3S2/c1-19(2,3)14-8-9-15(25-7)16(12-14)27(23,24)21-11-10-18-22-17(13-26-18)20(4,5)6/h8-9,12-13,21H,10-11H2,1-7H3. The molecule has 5 nitrogen and oxygen atoms in total. The van der Waals surface area contributed by atoms with E-state index in [0.717, 1.165) is 16.3 Å². The maximum atomic E-state index is 12.8. The Balaban J connectivity index is 2.15. The van der Waals surface area contributed by atoms with E-state index in [9.17, 15) is 8.42 Å². The second kappa shape index (κ2) is 7.89. The van der Waals surface area contributed by atoms with Crippen molar-refractivity contribution in [3.63, 3.8) is 0 Å². The van der Waals surface area contributed by atoms with Gasteiger partial charge in [-0.3, -0.25) is 0 Å². The largest absolute Gasteiger partial charge is 0.495 e. The van der Waals surface area contributed by atoms with Gasteiger partial charge in [0.15, 0.2) is 0 Å². The summed E-state index contributed by atoms with van der Waals surface area (Å²) in [7, 11) is -2.19. The molecule has 0 radical (unpaired) electrons. The Hall–Kier alpha value is -1.44. The highest BCUT2D eigenvalue weighted by Gasteiger charge is 2.23. The fourth-order valence-electron chi connectivity index (χ4n) is 2.49. The fourth-order valence-corrected chi connectivity index (χ4v) is 4.74. The lowest BCUT2D eigenvalue weighted by Crippen LogP contribution is -2.27. The predicted octanol–water partition coefficient (Wildman–Crippen LogP) is 4.27. The molecule has 0 saturated carbocycles. The average molecular weight is 411 g/mol. The number of thiazole rings is 1. The van der Waals surface area contributed by atoms with Gasteiger partial charge in [-0.15, -0.1) is 11.3 Å². The molecule has 0 spiro atoms. The van der Waals surface area contributed by atoms with Gasteiger partial charge in [0.05, 0.1) is 17.8 Å². The first-order valence-corrected chi connectivity index (χ1v) is 11.3. The Labute approximate surface area is 167 Å². The zero-order chi connectivity index (χ0) is 20.5. The Bertz CT molecular complexity index is 889. The summed E-state index contributed by atoms with van der Waals surface area (Å²) in [5, 5.41) is 2.97. The van der Waals surface area contributed by atoms with E-state index in [4.69, 9.17) is 4.74 Å². The van der Waals surface area contributed by atoms with Crippen LogP contribution in [0.1, 0.15) is 57.8 Å². The Morgan fingerprint density at radius 3 is 2.30 bits per heavy atom. The lowest BCUT2D eigenvalue weighted by Gasteiger charge is -2.21. The normalized spacial score (nSPS) is 13.0. The highest BCUT2D eigenvalue weighted by molar-refractivity contribution is 7.89. The lowest BCUT2D eigenvalue weighted by molar-refractivity contribution is 0.401. The minimum absolute atomic E-state index is 0.00494. The van der Waals surface area contributed by atoms with E-state index >= 15 is 0 Å². The maximum Gasteiger partial charge on any atom is 0.244 e. The molecule has 0 amide bonds. The quantitative estimate of drug-likeness (QED) is 0.772. The third-order valence-electron chi connectivity index (χ3n) is 4.27. The molecule has 2 aromatic rings. The number of hydrogen-bond donors (Lipinski definition) is 1. The molecule has 7 heteroatoms. The summed E-state index contributed by atoms with van der Waals surface area (Å²) in [6.07, 6.45) is 0.557. The van der Waals surface area contributed by atoms with E-state index in [0.29, 0.717) is 18.7 Å². The zero-order valence-electron chi connectivity index (χ0n) is 17.2. The Morgan fingerprint density at radius 1 is 1.11 bits per heavy atom. The molecule has 0 saturated heterocycles. The molecule has 1 heterocycles. The predicted molar refractivity (Wildman–Crippen MR) is 111 cm³/mol. The molecule has 2 rings (SSSR count). The highest BCUT2D eigenvalue weighted by Crippen LogP contribution is 2.30. The Kier molecular flexibility index (Phi) is 6.39. The van der Waals surface area contributed by atoms with Crippen molar-refractivity contribution in [3.05, 3.63) is 39.8 Å². The van der Waals surface area contributed by atoms with E-state index in [1.54, 1.807) is 23.5 Å². The third kappa shape index (κ3) is 5.53. The van der Waals surface area contributed by atoms with Crippen molar-refractivity contribution >= 4 is 21.4 Å². The number of sulfonamides is 1. The lowest BCUT2D eigenvalue weighted by atomic mass is 9.87. The molecular weight excluding hydrogens is 380 g/mol. The molecule has 0 unspecified atom stereocenters. The number of nitrogens with one attached hydrogen (secondary N) is 1. The van der Waals surface area contributed by atoms with Crippen LogP contribution in [0.15, 0.2) is 28.5 Å². The molecule has 0 aliphatic heterocycles. The van der Waals surface area contributed by atoms with Gasteiger partial charge in [0.25, 0.3) is 0 Å². The summed E-state index contributed by atoms with van der Waals surface area (Å²) in [5.74, 6) is 0.347. The van der Waals surface area contributed by atoms with Gasteiger partial charge in [0.2, 0.25) is 10.0 Å². The minimum atomic E-state index is -3.68. The molecule has 1 aromatic heterocycles. The average Bonchev–Trinajstić information content (AvgIpc) is 3.02. The summed E-state index contributed by atoms with van der Waals surface area (Å²) in [5.41, 5.74) is 1.82. The van der Waals surface area contributed by atoms with Crippen molar-refractivity contribution in [3.8, 4) is 5.75 Å². The van der Waals surface area contributed by atoms with E-state index in [1.165, 1.54) is 7.11 Å². The second-order valence-corrected chi connectivity index (χ2v) is 11.3. The van der Waals surface area contributed by atoms with Crippen LogP contribution in [-0.4, -0.2) is 27.1 Å². The van der Waals surface area contributed by atoms with Crippen LogP contribution in [0.2, 0.25) is 0 Å². The molecule has 27 heavy (non-hydrogen) atoms. The number of nitrogens with zero attached hydrogens (tertiary/aromatic N) is 1. The van der Waals surface area contributed by atoms with Crippen LogP contribution >= 0.6 is 11.3 Å². The third-order valence-corrected chi connectivity index (χ3v) is 6.66. The van der Waals surface area contributed by atoms with Crippen molar-refractivity contribution in [1.82, 2.24) is 9.71 Å². The molecule has 0 aliphatic rings. The van der Waals surface area contributed by atoms with E-state index in [-0.39, 0.29) is 15.7 Å². The molecule has 0 bridgehead atoms. The molecule has 0 atom stereocenters. The van der Waals surface area contributed by atoms with Crippen LogP contribution < -0.4 is 9.46 Å². The fraction of sp³-hybridized carbons (Fsp3) is 0.550. The van der Waals surface area contributed by atoms with Gasteiger partial charge in [-0.1, -0.05) is 47.6 Å². The van der Waals surface area contributed by atoms with Crippen molar-refractivity contribution in [2.75, 3.05) is 13.7 Å². The van der Waals surface area contributed by atoms with E-state index in [1.807, 2.05) is 32.2 Å². The molecule has 1 aromatic carbocycles. The van der Waals surface area contributed by atoms with Crippen LogP contribution in [0.3, 0.4) is 0 Å². The molecule has 0 fully saturated rings. The van der Waals surface area contributed by atoms with Gasteiger partial charge < -0.3 is 4.74 Å². The van der Waals surface area contributed by atoms with Crippen LogP contribution in [0.5, 0.6) is 5.75 Å². The molecular formula is C20H30N2O3S2. The molecule has 1 N–H and O–H groups in total. The van der Waals surface area contributed by atoms with Crippen LogP contribution in [-0.2, 0) is 27.3 Å². The molecule has 0 aliphatic carbocycles. The van der Waals surface area contributed by atoms with Crippen molar-refractivity contribution < 1.29 is 13.2 Å². The highest BCUT2D eigenvalue weighted by atomic mass is 32.2. The van der Waals surface area contributed by atoms with Gasteiger partial charge in [-0.05, 0) is 23.1 Å². The number of ether oxygens (including phenoxy) is 1. The Morgan fingerprint density at radius 2 is 1.78 bits per heavy atom. The van der Waals surface area contributed by atoms with Gasteiger partial charge in [-0.25, -0.2) is 18.1 Å². The number of aromatic nitrogens is 1.